The van der Waals surface area contributed by atoms with Crippen molar-refractivity contribution in [1.29, 1.82) is 0 Å². The van der Waals surface area contributed by atoms with Gasteiger partial charge in [-0.1, -0.05) is 38.5 Å². The molecule has 4 saturated carbocycles. The molecule has 0 spiro atoms. The van der Waals surface area contributed by atoms with Crippen LogP contribution in [0, 0.1) is 31.6 Å². The third-order valence-electron chi connectivity index (χ3n) is 8.92. The van der Waals surface area contributed by atoms with Crippen molar-refractivity contribution >= 4 is 17.8 Å². The van der Waals surface area contributed by atoms with Gasteiger partial charge in [-0.05, 0) is 81.8 Å². The summed E-state index contributed by atoms with van der Waals surface area (Å²) in [6, 6.07) is 7.96. The molecule has 0 unspecified atom stereocenters. The fourth-order valence-electron chi connectivity index (χ4n) is 7.44. The van der Waals surface area contributed by atoms with Crippen molar-refractivity contribution in [1.82, 2.24) is 20.0 Å². The van der Waals surface area contributed by atoms with E-state index < -0.39 is 0 Å². The molecule has 8 nitrogen and oxygen atoms in total. The molecule has 212 valence electrons. The highest BCUT2D eigenvalue weighted by Gasteiger charge is 2.51. The monoisotopic (exact) mass is 535 g/mol. The Balaban J connectivity index is 1.33. The summed E-state index contributed by atoms with van der Waals surface area (Å²) in [6.07, 6.45) is 7.15. The number of nitrogens with one attached hydrogen (secondary N) is 2. The van der Waals surface area contributed by atoms with Crippen molar-refractivity contribution < 1.29 is 14.3 Å². The van der Waals surface area contributed by atoms with Crippen molar-refractivity contribution in [3.8, 4) is 5.69 Å². The van der Waals surface area contributed by atoms with E-state index in [4.69, 9.17) is 9.84 Å². The van der Waals surface area contributed by atoms with Gasteiger partial charge in [-0.3, -0.25) is 4.79 Å². The summed E-state index contributed by atoms with van der Waals surface area (Å²) < 4.78 is 7.10. The number of nitrogens with zero attached hydrogens (tertiary/aromatic N) is 3. The normalized spacial score (nSPS) is 25.5. The zero-order chi connectivity index (χ0) is 27.9. The average Bonchev–Trinajstić information content (AvgIpc) is 3.24. The number of benzene rings is 1. The molecule has 2 N–H and O–H groups in total. The van der Waals surface area contributed by atoms with Crippen molar-refractivity contribution in [2.24, 2.45) is 17.8 Å². The predicted molar refractivity (Wildman–Crippen MR) is 153 cm³/mol. The lowest BCUT2D eigenvalue weighted by atomic mass is 9.53. The molecule has 0 radical (unpaired) electrons. The van der Waals surface area contributed by atoms with Gasteiger partial charge in [-0.25, -0.2) is 9.48 Å². The average molecular weight is 536 g/mol. The van der Waals surface area contributed by atoms with E-state index in [0.717, 1.165) is 54.0 Å². The molecule has 0 atom stereocenters. The Morgan fingerprint density at radius 2 is 1.72 bits per heavy atom. The van der Waals surface area contributed by atoms with E-state index in [1.165, 1.54) is 24.8 Å². The van der Waals surface area contributed by atoms with E-state index in [0.29, 0.717) is 19.0 Å². The minimum atomic E-state index is -0.252. The van der Waals surface area contributed by atoms with Crippen LogP contribution in [0.5, 0.6) is 0 Å². The number of carbonyl (C=O) groups excluding carboxylic acids is 2. The summed E-state index contributed by atoms with van der Waals surface area (Å²) in [5.41, 5.74) is 3.74. The van der Waals surface area contributed by atoms with Gasteiger partial charge in [0, 0.05) is 30.7 Å². The van der Waals surface area contributed by atoms with Crippen LogP contribution in [0.2, 0.25) is 0 Å². The summed E-state index contributed by atoms with van der Waals surface area (Å²) >= 11 is 0. The van der Waals surface area contributed by atoms with Gasteiger partial charge < -0.3 is 20.3 Å². The second-order valence-electron chi connectivity index (χ2n) is 13.5. The molecule has 0 aliphatic heterocycles. The Morgan fingerprint density at radius 1 is 1.08 bits per heavy atom. The number of hydrogen-bond donors (Lipinski definition) is 2. The number of amides is 3. The highest BCUT2D eigenvalue weighted by atomic mass is 16.5. The van der Waals surface area contributed by atoms with Gasteiger partial charge in [0.15, 0.2) is 0 Å². The van der Waals surface area contributed by atoms with Crippen molar-refractivity contribution in [2.45, 2.75) is 84.1 Å². The van der Waals surface area contributed by atoms with Gasteiger partial charge in [0.2, 0.25) is 5.91 Å². The molecule has 4 fully saturated rings. The standard InChI is InChI=1S/C31H45N5O3/c1-20-7-8-25(21(2)11-20)36-27(15-26(34-36)30(3,4)5)32-28(37)19-35(9-10-39-6)29(38)33-31-16-22-12-23(17-31)14-24(13-22)18-31/h7-8,11,15,22-24H,9-10,12-14,16-19H2,1-6H3,(H,32,37)(H,33,38). The number of anilines is 1. The fourth-order valence-corrected chi connectivity index (χ4v) is 7.44. The van der Waals surface area contributed by atoms with Crippen LogP contribution in [-0.4, -0.2) is 59.0 Å². The maximum atomic E-state index is 13.6. The number of urea groups is 1. The summed E-state index contributed by atoms with van der Waals surface area (Å²) in [6.45, 7) is 11.1. The van der Waals surface area contributed by atoms with Crippen molar-refractivity contribution in [2.75, 3.05) is 32.1 Å². The van der Waals surface area contributed by atoms with Gasteiger partial charge in [0.1, 0.15) is 12.4 Å². The Morgan fingerprint density at radius 3 is 2.28 bits per heavy atom. The Kier molecular flexibility index (Phi) is 7.53. The highest BCUT2D eigenvalue weighted by molar-refractivity contribution is 5.94. The number of ether oxygens (including phenoxy) is 1. The summed E-state index contributed by atoms with van der Waals surface area (Å²) in [4.78, 5) is 28.6. The van der Waals surface area contributed by atoms with E-state index in [2.05, 4.69) is 44.4 Å². The number of aryl methyl sites for hydroxylation is 2. The smallest absolute Gasteiger partial charge is 0.318 e. The summed E-state index contributed by atoms with van der Waals surface area (Å²) in [5, 5.41) is 11.3. The van der Waals surface area contributed by atoms with Crippen LogP contribution in [0.25, 0.3) is 5.69 Å². The highest BCUT2D eigenvalue weighted by Crippen LogP contribution is 2.55. The molecule has 2 aromatic rings. The molecule has 3 amide bonds. The molecule has 39 heavy (non-hydrogen) atoms. The molecule has 4 bridgehead atoms. The van der Waals surface area contributed by atoms with E-state index in [-0.39, 0.29) is 29.4 Å². The molecule has 8 heteroatoms. The molecule has 1 aromatic carbocycles. The van der Waals surface area contributed by atoms with Crippen molar-refractivity contribution in [3.63, 3.8) is 0 Å². The number of hydrogen-bond acceptors (Lipinski definition) is 4. The minimum Gasteiger partial charge on any atom is -0.383 e. The van der Waals surface area contributed by atoms with Crippen LogP contribution in [0.4, 0.5) is 10.6 Å². The third-order valence-corrected chi connectivity index (χ3v) is 8.92. The third kappa shape index (κ3) is 6.01. The summed E-state index contributed by atoms with van der Waals surface area (Å²) in [7, 11) is 1.62. The Bertz CT molecular complexity index is 1190. The van der Waals surface area contributed by atoms with E-state index >= 15 is 0 Å². The van der Waals surface area contributed by atoms with Gasteiger partial charge in [-0.2, -0.15) is 5.10 Å². The number of carbonyl (C=O) groups is 2. The van der Waals surface area contributed by atoms with Gasteiger partial charge >= 0.3 is 6.03 Å². The number of aromatic nitrogens is 2. The van der Waals surface area contributed by atoms with Crippen LogP contribution in [0.3, 0.4) is 0 Å². The Hall–Kier alpha value is -2.87. The molecule has 0 saturated heterocycles. The first-order chi connectivity index (χ1) is 18.4. The van der Waals surface area contributed by atoms with Crippen LogP contribution >= 0.6 is 0 Å². The van der Waals surface area contributed by atoms with E-state index in [1.54, 1.807) is 12.0 Å². The first-order valence-corrected chi connectivity index (χ1v) is 14.5. The van der Waals surface area contributed by atoms with Crippen molar-refractivity contribution in [3.05, 3.63) is 41.1 Å². The first kappa shape index (κ1) is 27.7. The first-order valence-electron chi connectivity index (χ1n) is 14.5. The summed E-state index contributed by atoms with van der Waals surface area (Å²) in [5.74, 6) is 2.54. The molecule has 4 aliphatic rings. The topological polar surface area (TPSA) is 88.5 Å². The minimum absolute atomic E-state index is 0.0511. The van der Waals surface area contributed by atoms with Gasteiger partial charge in [-0.15, -0.1) is 0 Å². The number of rotatable bonds is 8. The zero-order valence-corrected chi connectivity index (χ0v) is 24.5. The largest absolute Gasteiger partial charge is 0.383 e. The SMILES string of the molecule is COCCN(CC(=O)Nc1cc(C(C)(C)C)nn1-c1ccc(C)cc1C)C(=O)NC12CC3CC(CC(C3)C1)C2. The van der Waals surface area contributed by atoms with E-state index in [1.807, 2.05) is 29.8 Å². The van der Waals surface area contributed by atoms with Gasteiger partial charge in [0.05, 0.1) is 18.0 Å². The lowest BCUT2D eigenvalue weighted by Crippen LogP contribution is -2.62. The second kappa shape index (κ2) is 10.6. The lowest BCUT2D eigenvalue weighted by Gasteiger charge is -2.57. The maximum Gasteiger partial charge on any atom is 0.318 e. The molecule has 4 aliphatic carbocycles. The van der Waals surface area contributed by atoms with Crippen LogP contribution in [-0.2, 0) is 14.9 Å². The predicted octanol–water partition coefficient (Wildman–Crippen LogP) is 5.35. The molecular weight excluding hydrogens is 490 g/mol. The van der Waals surface area contributed by atoms with Gasteiger partial charge in [0.25, 0.3) is 0 Å². The Labute approximate surface area is 232 Å². The fraction of sp³-hybridized carbons (Fsp3) is 0.645. The molecule has 1 aromatic heterocycles. The van der Waals surface area contributed by atoms with Crippen LogP contribution in [0.15, 0.2) is 24.3 Å². The maximum absolute atomic E-state index is 13.6. The lowest BCUT2D eigenvalue weighted by molar-refractivity contribution is -0.117. The quantitative estimate of drug-likeness (QED) is 0.477. The molecular formula is C31H45N5O3. The molecule has 6 rings (SSSR count). The molecule has 1 heterocycles. The second-order valence-corrected chi connectivity index (χ2v) is 13.5. The van der Waals surface area contributed by atoms with Crippen LogP contribution in [0.1, 0.15) is 76.1 Å². The van der Waals surface area contributed by atoms with Crippen LogP contribution < -0.4 is 10.6 Å². The zero-order valence-electron chi connectivity index (χ0n) is 24.5. The van der Waals surface area contributed by atoms with E-state index in [9.17, 15) is 9.59 Å². The number of methoxy groups -OCH3 is 1.